The first-order chi connectivity index (χ1) is 9.71. The quantitative estimate of drug-likeness (QED) is 0.896. The predicted octanol–water partition coefficient (Wildman–Crippen LogP) is 3.69. The lowest BCUT2D eigenvalue weighted by Crippen LogP contribution is -2.22. The zero-order valence-electron chi connectivity index (χ0n) is 11.9. The van der Waals surface area contributed by atoms with Gasteiger partial charge in [0.1, 0.15) is 17.6 Å². The van der Waals surface area contributed by atoms with Crippen molar-refractivity contribution < 1.29 is 0 Å². The molecule has 0 saturated heterocycles. The number of aromatic nitrogens is 1. The Morgan fingerprint density at radius 2 is 1.95 bits per heavy atom. The van der Waals surface area contributed by atoms with Crippen LogP contribution in [-0.4, -0.2) is 11.0 Å². The first-order valence-corrected chi connectivity index (χ1v) is 6.90. The molecule has 1 aromatic heterocycles. The fraction of sp³-hybridized carbons (Fsp3) is 0.294. The van der Waals surface area contributed by atoms with Crippen LogP contribution >= 0.6 is 0 Å². The molecule has 3 nitrogen and oxygen atoms in total. The van der Waals surface area contributed by atoms with E-state index in [1.165, 1.54) is 11.1 Å². The molecule has 2 rings (SSSR count). The number of pyridine rings is 1. The summed E-state index contributed by atoms with van der Waals surface area (Å²) in [7, 11) is 0. The zero-order valence-corrected chi connectivity index (χ0v) is 11.9. The topological polar surface area (TPSA) is 48.7 Å². The number of aryl methyl sites for hydroxylation is 1. The lowest BCUT2D eigenvalue weighted by molar-refractivity contribution is 0.687. The molecular weight excluding hydrogens is 246 g/mol. The predicted molar refractivity (Wildman–Crippen MR) is 81.5 cm³/mol. The summed E-state index contributed by atoms with van der Waals surface area (Å²) < 4.78 is 0. The van der Waals surface area contributed by atoms with E-state index in [1.54, 1.807) is 6.07 Å². The summed E-state index contributed by atoms with van der Waals surface area (Å²) in [6, 6.07) is 16.5. The summed E-state index contributed by atoms with van der Waals surface area (Å²) in [6.07, 6.45) is 1.96. The van der Waals surface area contributed by atoms with E-state index >= 15 is 0 Å². The monoisotopic (exact) mass is 265 g/mol. The minimum atomic E-state index is 0.319. The van der Waals surface area contributed by atoms with Gasteiger partial charge in [0.05, 0.1) is 0 Å². The summed E-state index contributed by atoms with van der Waals surface area (Å²) in [6.45, 7) is 4.25. The maximum Gasteiger partial charge on any atom is 0.142 e. The summed E-state index contributed by atoms with van der Waals surface area (Å²) in [5, 5.41) is 12.3. The molecule has 2 aromatic rings. The largest absolute Gasteiger partial charge is 0.367 e. The summed E-state index contributed by atoms with van der Waals surface area (Å²) in [4.78, 5) is 4.26. The van der Waals surface area contributed by atoms with Crippen molar-refractivity contribution in [2.24, 2.45) is 0 Å². The molecule has 20 heavy (non-hydrogen) atoms. The Kier molecular flexibility index (Phi) is 4.73. The van der Waals surface area contributed by atoms with E-state index in [0.29, 0.717) is 11.7 Å². The Hall–Kier alpha value is -2.34. The number of anilines is 1. The van der Waals surface area contributed by atoms with Crippen molar-refractivity contribution in [3.05, 3.63) is 59.3 Å². The molecule has 1 unspecified atom stereocenters. The molecule has 3 heteroatoms. The van der Waals surface area contributed by atoms with Crippen molar-refractivity contribution in [3.63, 3.8) is 0 Å². The van der Waals surface area contributed by atoms with Gasteiger partial charge in [0, 0.05) is 6.04 Å². The van der Waals surface area contributed by atoms with Gasteiger partial charge in [-0.1, -0.05) is 42.8 Å². The van der Waals surface area contributed by atoms with E-state index in [-0.39, 0.29) is 0 Å². The third-order valence-electron chi connectivity index (χ3n) is 3.31. The highest BCUT2D eigenvalue weighted by Gasteiger charge is 2.08. The van der Waals surface area contributed by atoms with Crippen molar-refractivity contribution in [3.8, 4) is 6.07 Å². The summed E-state index contributed by atoms with van der Waals surface area (Å²) in [5.74, 6) is 0.767. The number of nitrogens with zero attached hydrogens (tertiary/aromatic N) is 2. The molecule has 0 amide bonds. The van der Waals surface area contributed by atoms with E-state index in [0.717, 1.165) is 18.7 Å². The smallest absolute Gasteiger partial charge is 0.142 e. The van der Waals surface area contributed by atoms with E-state index in [2.05, 4.69) is 54.5 Å². The standard InChI is InChI=1S/C17H19N3/c1-3-15(11-14-9-7-13(2)8-10-14)19-17-6-4-5-16(12-18)20-17/h4-10,15H,3,11H2,1-2H3,(H,19,20). The second-order valence-electron chi connectivity index (χ2n) is 4.96. The van der Waals surface area contributed by atoms with Crippen LogP contribution in [0.25, 0.3) is 0 Å². The number of nitrogens with one attached hydrogen (secondary N) is 1. The van der Waals surface area contributed by atoms with Crippen molar-refractivity contribution in [2.75, 3.05) is 5.32 Å². The number of benzene rings is 1. The number of hydrogen-bond donors (Lipinski definition) is 1. The molecule has 1 atom stereocenters. The van der Waals surface area contributed by atoms with Crippen LogP contribution < -0.4 is 5.32 Å². The van der Waals surface area contributed by atoms with Gasteiger partial charge in [-0.3, -0.25) is 0 Å². The molecule has 0 fully saturated rings. The van der Waals surface area contributed by atoms with Crippen LogP contribution in [0.3, 0.4) is 0 Å². The second kappa shape index (κ2) is 6.72. The molecule has 0 bridgehead atoms. The molecule has 102 valence electrons. The molecule has 1 N–H and O–H groups in total. The maximum absolute atomic E-state index is 8.87. The average Bonchev–Trinajstić information content (AvgIpc) is 2.49. The number of nitriles is 1. The van der Waals surface area contributed by atoms with Gasteiger partial charge in [-0.2, -0.15) is 5.26 Å². The molecule has 1 heterocycles. The van der Waals surface area contributed by atoms with Crippen LogP contribution in [-0.2, 0) is 6.42 Å². The summed E-state index contributed by atoms with van der Waals surface area (Å²) >= 11 is 0. The number of rotatable bonds is 5. The summed E-state index contributed by atoms with van der Waals surface area (Å²) in [5.41, 5.74) is 3.03. The molecule has 1 aromatic carbocycles. The highest BCUT2D eigenvalue weighted by molar-refractivity contribution is 5.39. The van der Waals surface area contributed by atoms with Crippen molar-refractivity contribution in [1.82, 2.24) is 4.98 Å². The second-order valence-corrected chi connectivity index (χ2v) is 4.96. The Morgan fingerprint density at radius 3 is 2.60 bits per heavy atom. The van der Waals surface area contributed by atoms with Crippen LogP contribution in [0.5, 0.6) is 0 Å². The third-order valence-corrected chi connectivity index (χ3v) is 3.31. The molecule has 0 aliphatic rings. The van der Waals surface area contributed by atoms with Crippen LogP contribution in [0.1, 0.15) is 30.2 Å². The lowest BCUT2D eigenvalue weighted by Gasteiger charge is -2.18. The molecule has 0 saturated carbocycles. The Bertz CT molecular complexity index is 596. The van der Waals surface area contributed by atoms with Crippen LogP contribution in [0.4, 0.5) is 5.82 Å². The number of hydrogen-bond acceptors (Lipinski definition) is 3. The van der Waals surface area contributed by atoms with Crippen molar-refractivity contribution in [2.45, 2.75) is 32.7 Å². The first kappa shape index (κ1) is 14.1. The minimum absolute atomic E-state index is 0.319. The Balaban J connectivity index is 2.05. The van der Waals surface area contributed by atoms with Crippen LogP contribution in [0, 0.1) is 18.3 Å². The van der Waals surface area contributed by atoms with Gasteiger partial charge in [-0.25, -0.2) is 4.98 Å². The first-order valence-electron chi connectivity index (χ1n) is 6.90. The molecular formula is C17H19N3. The highest BCUT2D eigenvalue weighted by atomic mass is 15.0. The lowest BCUT2D eigenvalue weighted by atomic mass is 10.0. The van der Waals surface area contributed by atoms with E-state index < -0.39 is 0 Å². The average molecular weight is 265 g/mol. The van der Waals surface area contributed by atoms with Gasteiger partial charge in [0.2, 0.25) is 0 Å². The van der Waals surface area contributed by atoms with Gasteiger partial charge in [0.25, 0.3) is 0 Å². The van der Waals surface area contributed by atoms with E-state index in [1.807, 2.05) is 12.1 Å². The fourth-order valence-electron chi connectivity index (χ4n) is 2.09. The molecule has 0 aliphatic heterocycles. The van der Waals surface area contributed by atoms with Gasteiger partial charge in [-0.05, 0) is 37.5 Å². The van der Waals surface area contributed by atoms with E-state index in [4.69, 9.17) is 5.26 Å². The zero-order chi connectivity index (χ0) is 14.4. The van der Waals surface area contributed by atoms with Gasteiger partial charge in [0.15, 0.2) is 0 Å². The van der Waals surface area contributed by atoms with E-state index in [9.17, 15) is 0 Å². The fourth-order valence-corrected chi connectivity index (χ4v) is 2.09. The maximum atomic E-state index is 8.87. The van der Waals surface area contributed by atoms with Crippen molar-refractivity contribution in [1.29, 1.82) is 5.26 Å². The molecule has 0 aliphatic carbocycles. The minimum Gasteiger partial charge on any atom is -0.367 e. The highest BCUT2D eigenvalue weighted by Crippen LogP contribution is 2.13. The molecule has 0 spiro atoms. The Morgan fingerprint density at radius 1 is 1.20 bits per heavy atom. The van der Waals surface area contributed by atoms with Crippen LogP contribution in [0.15, 0.2) is 42.5 Å². The third kappa shape index (κ3) is 3.83. The van der Waals surface area contributed by atoms with Gasteiger partial charge < -0.3 is 5.32 Å². The Labute approximate surface area is 120 Å². The van der Waals surface area contributed by atoms with Crippen molar-refractivity contribution >= 4 is 5.82 Å². The SMILES string of the molecule is CCC(Cc1ccc(C)cc1)Nc1cccc(C#N)n1. The van der Waals surface area contributed by atoms with Crippen LogP contribution in [0.2, 0.25) is 0 Å². The normalized spacial score (nSPS) is 11.7. The molecule has 0 radical (unpaired) electrons. The van der Waals surface area contributed by atoms with Gasteiger partial charge >= 0.3 is 0 Å². The van der Waals surface area contributed by atoms with Gasteiger partial charge in [-0.15, -0.1) is 0 Å².